The first-order chi connectivity index (χ1) is 8.61. The molecular weight excluding hydrogens is 316 g/mol. The van der Waals surface area contributed by atoms with Gasteiger partial charge in [-0.2, -0.15) is 0 Å². The number of carboxylic acids is 1. The maximum Gasteiger partial charge on any atom is 0.337 e. The predicted molar refractivity (Wildman–Crippen MR) is 76.5 cm³/mol. The van der Waals surface area contributed by atoms with E-state index in [0.29, 0.717) is 0 Å². The second-order valence-corrected chi connectivity index (χ2v) is 4.80. The summed E-state index contributed by atoms with van der Waals surface area (Å²) < 4.78 is 0. The molecule has 92 valence electrons. The molecule has 2 rings (SSSR count). The summed E-state index contributed by atoms with van der Waals surface area (Å²) in [5.74, 6) is -1.02. The molecule has 0 aliphatic heterocycles. The fraction of sp³-hybridized carbons (Fsp3) is 0.0714. The van der Waals surface area contributed by atoms with E-state index in [0.717, 1.165) is 22.0 Å². The van der Waals surface area contributed by atoms with Crippen LogP contribution in [0.4, 0.5) is 0 Å². The van der Waals surface area contributed by atoms with E-state index in [1.807, 2.05) is 30.3 Å². The van der Waals surface area contributed by atoms with Gasteiger partial charge in [-0.1, -0.05) is 57.9 Å². The fourth-order valence-corrected chi connectivity index (χ4v) is 2.25. The summed E-state index contributed by atoms with van der Waals surface area (Å²) in [6.45, 7) is 0. The van der Waals surface area contributed by atoms with Gasteiger partial charge in [0.25, 0.3) is 0 Å². The molecule has 4 heteroatoms. The molecule has 0 atom stereocenters. The van der Waals surface area contributed by atoms with Crippen LogP contribution < -0.4 is 0 Å². The van der Waals surface area contributed by atoms with Crippen LogP contribution in [0, 0.1) is 0 Å². The highest BCUT2D eigenvalue weighted by molar-refractivity contribution is 9.08. The molecule has 0 heterocycles. The van der Waals surface area contributed by atoms with Gasteiger partial charge < -0.3 is 5.11 Å². The Hall–Kier alpha value is -1.32. The molecule has 1 N–H and O–H groups in total. The number of carboxylic acid groups (broad SMARTS) is 1. The van der Waals surface area contributed by atoms with E-state index in [1.165, 1.54) is 0 Å². The maximum atomic E-state index is 11.0. The highest BCUT2D eigenvalue weighted by Gasteiger charge is 2.10. The van der Waals surface area contributed by atoms with Crippen LogP contribution in [0.3, 0.4) is 0 Å². The molecule has 0 bridgehead atoms. The smallest absolute Gasteiger partial charge is 0.337 e. The van der Waals surface area contributed by atoms with Gasteiger partial charge in [0.2, 0.25) is 0 Å². The van der Waals surface area contributed by atoms with Crippen molar-refractivity contribution in [2.45, 2.75) is 5.33 Å². The number of carbonyl (C=O) groups is 1. The molecule has 0 aliphatic rings. The average molecular weight is 326 g/mol. The van der Waals surface area contributed by atoms with Gasteiger partial charge in [0.15, 0.2) is 0 Å². The largest absolute Gasteiger partial charge is 0.478 e. The lowest BCUT2D eigenvalue weighted by Gasteiger charge is -2.06. The topological polar surface area (TPSA) is 37.3 Å². The SMILES string of the molecule is O=C(O)c1cc(-c2cccc(CBr)c2)ccc1Cl. The van der Waals surface area contributed by atoms with Crippen molar-refractivity contribution in [1.29, 1.82) is 0 Å². The van der Waals surface area contributed by atoms with Gasteiger partial charge in [-0.25, -0.2) is 4.79 Å². The Morgan fingerprint density at radius 2 is 1.89 bits per heavy atom. The number of benzene rings is 2. The molecule has 0 aliphatic carbocycles. The minimum atomic E-state index is -1.02. The van der Waals surface area contributed by atoms with Crippen LogP contribution in [0.15, 0.2) is 42.5 Å². The third kappa shape index (κ3) is 2.74. The molecular formula is C14H10BrClO2. The molecule has 0 fully saturated rings. The first-order valence-electron chi connectivity index (χ1n) is 5.30. The Bertz CT molecular complexity index is 596. The number of halogens is 2. The summed E-state index contributed by atoms with van der Waals surface area (Å²) in [5.41, 5.74) is 3.09. The van der Waals surface area contributed by atoms with Crippen LogP contribution in [0.1, 0.15) is 15.9 Å². The van der Waals surface area contributed by atoms with Crippen molar-refractivity contribution in [1.82, 2.24) is 0 Å². The number of hydrogen-bond acceptors (Lipinski definition) is 1. The molecule has 18 heavy (non-hydrogen) atoms. The number of alkyl halides is 1. The van der Waals surface area contributed by atoms with E-state index in [1.54, 1.807) is 12.1 Å². The first kappa shape index (κ1) is 13.1. The Kier molecular flexibility index (Phi) is 4.04. The summed E-state index contributed by atoms with van der Waals surface area (Å²) in [5, 5.41) is 10.1. The number of hydrogen-bond donors (Lipinski definition) is 1. The minimum Gasteiger partial charge on any atom is -0.478 e. The maximum absolute atomic E-state index is 11.0. The van der Waals surface area contributed by atoms with E-state index >= 15 is 0 Å². The van der Waals surface area contributed by atoms with Crippen molar-refractivity contribution in [2.24, 2.45) is 0 Å². The summed E-state index contributed by atoms with van der Waals surface area (Å²) in [6.07, 6.45) is 0. The third-order valence-electron chi connectivity index (χ3n) is 2.61. The van der Waals surface area contributed by atoms with Crippen molar-refractivity contribution in [3.63, 3.8) is 0 Å². The zero-order valence-corrected chi connectivity index (χ0v) is 11.7. The molecule has 2 nitrogen and oxygen atoms in total. The average Bonchev–Trinajstić information content (AvgIpc) is 2.39. The number of rotatable bonds is 3. The van der Waals surface area contributed by atoms with Crippen LogP contribution in [-0.2, 0) is 5.33 Å². The Balaban J connectivity index is 2.50. The summed E-state index contributed by atoms with van der Waals surface area (Å²) in [4.78, 5) is 11.0. The quantitative estimate of drug-likeness (QED) is 0.837. The van der Waals surface area contributed by atoms with Gasteiger partial charge in [-0.3, -0.25) is 0 Å². The van der Waals surface area contributed by atoms with Gasteiger partial charge in [0.05, 0.1) is 10.6 Å². The molecule has 2 aromatic rings. The zero-order valence-electron chi connectivity index (χ0n) is 9.36. The van der Waals surface area contributed by atoms with E-state index in [9.17, 15) is 4.79 Å². The minimum absolute atomic E-state index is 0.124. The molecule has 0 amide bonds. The van der Waals surface area contributed by atoms with E-state index in [-0.39, 0.29) is 10.6 Å². The third-order valence-corrected chi connectivity index (χ3v) is 3.59. The molecule has 0 radical (unpaired) electrons. The molecule has 0 aromatic heterocycles. The normalized spacial score (nSPS) is 10.3. The Labute approximate surface area is 118 Å². The summed E-state index contributed by atoms with van der Waals surface area (Å²) >= 11 is 9.25. The Morgan fingerprint density at radius 1 is 1.17 bits per heavy atom. The highest BCUT2D eigenvalue weighted by Crippen LogP contribution is 2.26. The van der Waals surface area contributed by atoms with Crippen molar-refractivity contribution in [3.8, 4) is 11.1 Å². The van der Waals surface area contributed by atoms with Crippen LogP contribution in [0.25, 0.3) is 11.1 Å². The Morgan fingerprint density at radius 3 is 2.56 bits per heavy atom. The van der Waals surface area contributed by atoms with Gasteiger partial charge >= 0.3 is 5.97 Å². The highest BCUT2D eigenvalue weighted by atomic mass is 79.9. The standard InChI is InChI=1S/C14H10BrClO2/c15-8-9-2-1-3-10(6-9)11-4-5-13(16)12(7-11)14(17)18/h1-7H,8H2,(H,17,18). The zero-order chi connectivity index (χ0) is 13.1. The van der Waals surface area contributed by atoms with Crippen LogP contribution >= 0.6 is 27.5 Å². The monoisotopic (exact) mass is 324 g/mol. The van der Waals surface area contributed by atoms with Crippen molar-refractivity contribution in [3.05, 3.63) is 58.6 Å². The lowest BCUT2D eigenvalue weighted by Crippen LogP contribution is -1.97. The van der Waals surface area contributed by atoms with Crippen LogP contribution in [-0.4, -0.2) is 11.1 Å². The second kappa shape index (κ2) is 5.55. The van der Waals surface area contributed by atoms with E-state index < -0.39 is 5.97 Å². The van der Waals surface area contributed by atoms with E-state index in [2.05, 4.69) is 15.9 Å². The van der Waals surface area contributed by atoms with Gasteiger partial charge in [-0.05, 0) is 28.8 Å². The molecule has 0 saturated carbocycles. The van der Waals surface area contributed by atoms with Gasteiger partial charge in [0.1, 0.15) is 0 Å². The van der Waals surface area contributed by atoms with Crippen LogP contribution in [0.5, 0.6) is 0 Å². The van der Waals surface area contributed by atoms with Crippen molar-refractivity contribution in [2.75, 3.05) is 0 Å². The molecule has 2 aromatic carbocycles. The lowest BCUT2D eigenvalue weighted by atomic mass is 10.0. The second-order valence-electron chi connectivity index (χ2n) is 3.83. The summed E-state index contributed by atoms with van der Waals surface area (Å²) in [6, 6.07) is 12.9. The predicted octanol–water partition coefficient (Wildman–Crippen LogP) is 4.60. The first-order valence-corrected chi connectivity index (χ1v) is 6.80. The van der Waals surface area contributed by atoms with Gasteiger partial charge in [0, 0.05) is 5.33 Å². The van der Waals surface area contributed by atoms with Gasteiger partial charge in [-0.15, -0.1) is 0 Å². The van der Waals surface area contributed by atoms with Crippen molar-refractivity contribution >= 4 is 33.5 Å². The van der Waals surface area contributed by atoms with Crippen molar-refractivity contribution < 1.29 is 9.90 Å². The van der Waals surface area contributed by atoms with E-state index in [4.69, 9.17) is 16.7 Å². The number of aromatic carboxylic acids is 1. The summed E-state index contributed by atoms with van der Waals surface area (Å²) in [7, 11) is 0. The molecule has 0 unspecified atom stereocenters. The lowest BCUT2D eigenvalue weighted by molar-refractivity contribution is 0.0697. The fourth-order valence-electron chi connectivity index (χ4n) is 1.70. The molecule has 0 saturated heterocycles. The van der Waals surface area contributed by atoms with Crippen LogP contribution in [0.2, 0.25) is 5.02 Å². The molecule has 0 spiro atoms.